The van der Waals surface area contributed by atoms with Gasteiger partial charge in [0.15, 0.2) is 0 Å². The molecule has 1 aromatic carbocycles. The molecule has 1 aromatic rings. The first kappa shape index (κ1) is 17.9. The van der Waals surface area contributed by atoms with E-state index in [1.807, 2.05) is 0 Å². The molecular weight excluding hydrogens is 334 g/mol. The first-order valence-corrected chi connectivity index (χ1v) is 7.75. The van der Waals surface area contributed by atoms with Crippen molar-refractivity contribution in [1.82, 2.24) is 10.3 Å². The van der Waals surface area contributed by atoms with E-state index in [-0.39, 0.29) is 30.9 Å². The molecule has 1 aliphatic heterocycles. The molecule has 0 fully saturated rings. The molecule has 1 N–H and O–H groups in total. The summed E-state index contributed by atoms with van der Waals surface area (Å²) in [4.78, 5) is 35.5. The summed E-state index contributed by atoms with van der Waals surface area (Å²) < 4.78 is 4.68. The number of hydrogen-bond acceptors (Lipinski definition) is 5. The van der Waals surface area contributed by atoms with Crippen molar-refractivity contribution in [2.75, 3.05) is 14.2 Å². The summed E-state index contributed by atoms with van der Waals surface area (Å²) >= 11 is 5.87. The van der Waals surface area contributed by atoms with Gasteiger partial charge in [0.2, 0.25) is 5.91 Å². The molecule has 0 radical (unpaired) electrons. The number of amides is 2. The minimum atomic E-state index is -0.576. The Morgan fingerprint density at radius 1 is 1.33 bits per heavy atom. The average Bonchev–Trinajstić information content (AvgIpc) is 2.57. The second-order valence-electron chi connectivity index (χ2n) is 5.32. The van der Waals surface area contributed by atoms with Crippen LogP contribution in [-0.2, 0) is 19.1 Å². The average molecular weight is 352 g/mol. The Labute approximate surface area is 144 Å². The zero-order chi connectivity index (χ0) is 17.7. The number of hydrazone groups is 1. The van der Waals surface area contributed by atoms with Crippen LogP contribution in [-0.4, -0.2) is 42.7 Å². The van der Waals surface area contributed by atoms with Crippen LogP contribution < -0.4 is 5.32 Å². The lowest BCUT2D eigenvalue weighted by Gasteiger charge is -2.22. The van der Waals surface area contributed by atoms with Crippen molar-refractivity contribution in [3.8, 4) is 0 Å². The Balaban J connectivity index is 2.17. The fourth-order valence-corrected chi connectivity index (χ4v) is 2.40. The molecule has 0 unspecified atom stereocenters. The summed E-state index contributed by atoms with van der Waals surface area (Å²) in [5, 5.41) is 8.45. The first-order chi connectivity index (χ1) is 11.4. The Bertz CT molecular complexity index is 672. The predicted octanol–water partition coefficient (Wildman–Crippen LogP) is 1.67. The van der Waals surface area contributed by atoms with Crippen LogP contribution in [0.1, 0.15) is 30.9 Å². The van der Waals surface area contributed by atoms with Gasteiger partial charge in [-0.05, 0) is 17.7 Å². The molecule has 0 bridgehead atoms. The fourth-order valence-electron chi connectivity index (χ4n) is 2.27. The molecule has 0 saturated carbocycles. The number of carbonyl (C=O) groups is 3. The van der Waals surface area contributed by atoms with Crippen LogP contribution in [0.15, 0.2) is 29.4 Å². The van der Waals surface area contributed by atoms with E-state index >= 15 is 0 Å². The molecule has 1 heterocycles. The lowest BCUT2D eigenvalue weighted by atomic mass is 10.0. The van der Waals surface area contributed by atoms with Gasteiger partial charge in [-0.15, -0.1) is 0 Å². The number of ether oxygens (including phenoxy) is 1. The number of nitrogens with one attached hydrogen (secondary N) is 1. The summed E-state index contributed by atoms with van der Waals surface area (Å²) in [7, 11) is 2.79. The molecule has 8 heteroatoms. The molecule has 24 heavy (non-hydrogen) atoms. The highest BCUT2D eigenvalue weighted by Crippen LogP contribution is 2.20. The van der Waals surface area contributed by atoms with Crippen molar-refractivity contribution in [1.29, 1.82) is 0 Å². The minimum absolute atomic E-state index is 0.0219. The second-order valence-corrected chi connectivity index (χ2v) is 5.76. The molecular formula is C16H18ClN3O4. The van der Waals surface area contributed by atoms with Crippen molar-refractivity contribution in [3.05, 3.63) is 34.9 Å². The molecule has 0 aromatic heterocycles. The largest absolute Gasteiger partial charge is 0.469 e. The van der Waals surface area contributed by atoms with E-state index in [0.717, 1.165) is 10.6 Å². The van der Waals surface area contributed by atoms with Gasteiger partial charge < -0.3 is 10.1 Å². The van der Waals surface area contributed by atoms with E-state index < -0.39 is 17.9 Å². The topological polar surface area (TPSA) is 88.1 Å². The van der Waals surface area contributed by atoms with Crippen molar-refractivity contribution >= 4 is 35.1 Å². The number of methoxy groups -OCH3 is 1. The van der Waals surface area contributed by atoms with Gasteiger partial charge in [0, 0.05) is 24.9 Å². The van der Waals surface area contributed by atoms with Crippen molar-refractivity contribution in [3.63, 3.8) is 0 Å². The maximum Gasteiger partial charge on any atom is 0.307 e. The van der Waals surface area contributed by atoms with Crippen molar-refractivity contribution in [2.24, 2.45) is 5.10 Å². The van der Waals surface area contributed by atoms with Crippen LogP contribution in [0.4, 0.5) is 0 Å². The van der Waals surface area contributed by atoms with Gasteiger partial charge in [-0.1, -0.05) is 23.7 Å². The van der Waals surface area contributed by atoms with E-state index in [0.29, 0.717) is 5.02 Å². The van der Waals surface area contributed by atoms with Gasteiger partial charge in [0.1, 0.15) is 5.71 Å². The van der Waals surface area contributed by atoms with E-state index in [1.165, 1.54) is 14.2 Å². The zero-order valence-electron chi connectivity index (χ0n) is 13.4. The van der Waals surface area contributed by atoms with Gasteiger partial charge in [-0.2, -0.15) is 5.10 Å². The third-order valence-corrected chi connectivity index (χ3v) is 3.90. The number of esters is 1. The molecule has 0 saturated heterocycles. The normalized spacial score (nSPS) is 15.5. The molecule has 128 valence electrons. The summed E-state index contributed by atoms with van der Waals surface area (Å²) in [6, 6.07) is 6.24. The summed E-state index contributed by atoms with van der Waals surface area (Å²) in [5.74, 6) is -1.01. The highest BCUT2D eigenvalue weighted by atomic mass is 35.5. The number of benzene rings is 1. The Kier molecular flexibility index (Phi) is 5.92. The van der Waals surface area contributed by atoms with Crippen LogP contribution in [0.3, 0.4) is 0 Å². The number of rotatable bonds is 5. The highest BCUT2D eigenvalue weighted by molar-refractivity contribution is 6.39. The van der Waals surface area contributed by atoms with Crippen LogP contribution >= 0.6 is 11.6 Å². The molecule has 0 spiro atoms. The first-order valence-electron chi connectivity index (χ1n) is 7.38. The van der Waals surface area contributed by atoms with Crippen molar-refractivity contribution in [2.45, 2.75) is 25.3 Å². The van der Waals surface area contributed by atoms with Gasteiger partial charge >= 0.3 is 5.97 Å². The van der Waals surface area contributed by atoms with E-state index in [1.54, 1.807) is 24.3 Å². The van der Waals surface area contributed by atoms with Crippen LogP contribution in [0.5, 0.6) is 0 Å². The predicted molar refractivity (Wildman–Crippen MR) is 88.4 cm³/mol. The molecule has 7 nitrogen and oxygen atoms in total. The third-order valence-electron chi connectivity index (χ3n) is 3.65. The lowest BCUT2D eigenvalue weighted by Crippen LogP contribution is -2.39. The lowest BCUT2D eigenvalue weighted by molar-refractivity contribution is -0.141. The van der Waals surface area contributed by atoms with Crippen LogP contribution in [0, 0.1) is 0 Å². The quantitative estimate of drug-likeness (QED) is 0.817. The summed E-state index contributed by atoms with van der Waals surface area (Å²) in [6.45, 7) is 0. The van der Waals surface area contributed by atoms with Gasteiger partial charge in [-0.3, -0.25) is 14.4 Å². The number of hydrogen-bond donors (Lipinski definition) is 1. The molecule has 2 amide bonds. The Morgan fingerprint density at radius 2 is 2.00 bits per heavy atom. The number of halogens is 1. The maximum atomic E-state index is 12.4. The monoisotopic (exact) mass is 351 g/mol. The van der Waals surface area contributed by atoms with Crippen molar-refractivity contribution < 1.29 is 19.1 Å². The maximum absolute atomic E-state index is 12.4. The fraction of sp³-hybridized carbons (Fsp3) is 0.375. The second kappa shape index (κ2) is 7.92. The Morgan fingerprint density at radius 3 is 2.58 bits per heavy atom. The van der Waals surface area contributed by atoms with Gasteiger partial charge in [-0.25, -0.2) is 5.01 Å². The number of nitrogens with zero attached hydrogens (tertiary/aromatic N) is 2. The van der Waals surface area contributed by atoms with Crippen LogP contribution in [0.25, 0.3) is 0 Å². The molecule has 1 atom stereocenters. The zero-order valence-corrected chi connectivity index (χ0v) is 14.2. The van der Waals surface area contributed by atoms with Crippen LogP contribution in [0.2, 0.25) is 5.02 Å². The third kappa shape index (κ3) is 4.55. The van der Waals surface area contributed by atoms with E-state index in [4.69, 9.17) is 11.6 Å². The highest BCUT2D eigenvalue weighted by Gasteiger charge is 2.25. The SMILES string of the molecule is COC(=O)C[C@@H](NC(=O)C1=NN(C)C(=O)CC1)c1ccc(Cl)cc1. The smallest absolute Gasteiger partial charge is 0.307 e. The van der Waals surface area contributed by atoms with Gasteiger partial charge in [0.05, 0.1) is 19.6 Å². The molecule has 0 aliphatic carbocycles. The molecule has 1 aliphatic rings. The Hall–Kier alpha value is -2.41. The standard InChI is InChI=1S/C16H18ClN3O4/c1-20-14(21)8-7-12(19-20)16(23)18-13(9-15(22)24-2)10-3-5-11(17)6-4-10/h3-6,13H,7-9H2,1-2H3,(H,18,23)/t13-/m1/s1. The van der Waals surface area contributed by atoms with E-state index in [2.05, 4.69) is 15.2 Å². The van der Waals surface area contributed by atoms with Gasteiger partial charge in [0.25, 0.3) is 5.91 Å². The minimum Gasteiger partial charge on any atom is -0.469 e. The summed E-state index contributed by atoms with van der Waals surface area (Å²) in [5.41, 5.74) is 0.972. The number of carbonyl (C=O) groups excluding carboxylic acids is 3. The molecule has 2 rings (SSSR count). The summed E-state index contributed by atoms with van der Waals surface area (Å²) in [6.07, 6.45) is 0.470. The van der Waals surface area contributed by atoms with E-state index in [9.17, 15) is 14.4 Å².